The summed E-state index contributed by atoms with van der Waals surface area (Å²) in [7, 11) is 0. The molecule has 1 aromatic rings. The molecule has 0 heterocycles. The lowest BCUT2D eigenvalue weighted by Crippen LogP contribution is -2.08. The van der Waals surface area contributed by atoms with Gasteiger partial charge in [-0.15, -0.1) is 0 Å². The molecule has 15 heavy (non-hydrogen) atoms. The zero-order valence-electron chi connectivity index (χ0n) is 9.20. The number of aliphatic hydroxyl groups excluding tert-OH is 1. The minimum atomic E-state index is -0.327. The fourth-order valence-electron chi connectivity index (χ4n) is 1.94. The van der Waals surface area contributed by atoms with Crippen molar-refractivity contribution in [3.63, 3.8) is 0 Å². The van der Waals surface area contributed by atoms with Crippen LogP contribution >= 0.6 is 0 Å². The zero-order valence-corrected chi connectivity index (χ0v) is 9.20. The van der Waals surface area contributed by atoms with Crippen molar-refractivity contribution in [3.8, 4) is 0 Å². The Bertz CT molecular complexity index is 409. The van der Waals surface area contributed by atoms with Gasteiger partial charge < -0.3 is 5.11 Å². The molecule has 0 saturated heterocycles. The summed E-state index contributed by atoms with van der Waals surface area (Å²) in [6.07, 6.45) is 4.45. The van der Waals surface area contributed by atoms with Crippen molar-refractivity contribution in [2.24, 2.45) is 0 Å². The van der Waals surface area contributed by atoms with Crippen LogP contribution in [0.3, 0.4) is 0 Å². The molecule has 1 atom stereocenters. The standard InChI is InChI=1S/C14H16O/c1-10-3-5-12(6-4-10)13-7-11(2)8-14(15)9-13/h3-8,14-15H,9H2,1-2H3. The third-order valence-corrected chi connectivity index (χ3v) is 2.71. The first-order chi connectivity index (χ1) is 7.15. The number of rotatable bonds is 1. The number of hydrogen-bond acceptors (Lipinski definition) is 1. The average Bonchev–Trinajstić information content (AvgIpc) is 2.17. The van der Waals surface area contributed by atoms with Gasteiger partial charge in [0.25, 0.3) is 0 Å². The normalized spacial score (nSPS) is 20.9. The smallest absolute Gasteiger partial charge is 0.0767 e. The molecule has 78 valence electrons. The van der Waals surface area contributed by atoms with Gasteiger partial charge in [0.05, 0.1) is 6.10 Å². The molecule has 0 radical (unpaired) electrons. The van der Waals surface area contributed by atoms with Crippen LogP contribution in [0.4, 0.5) is 0 Å². The van der Waals surface area contributed by atoms with Crippen LogP contribution < -0.4 is 0 Å². The lowest BCUT2D eigenvalue weighted by Gasteiger charge is -2.16. The fourth-order valence-corrected chi connectivity index (χ4v) is 1.94. The molecule has 1 aliphatic rings. The van der Waals surface area contributed by atoms with Crippen LogP contribution in [-0.2, 0) is 0 Å². The summed E-state index contributed by atoms with van der Waals surface area (Å²) in [4.78, 5) is 0. The maximum Gasteiger partial charge on any atom is 0.0767 e. The summed E-state index contributed by atoms with van der Waals surface area (Å²) in [6.45, 7) is 4.11. The molecule has 1 heteroatoms. The van der Waals surface area contributed by atoms with Crippen LogP contribution in [0.1, 0.15) is 24.5 Å². The lowest BCUT2D eigenvalue weighted by atomic mass is 9.92. The van der Waals surface area contributed by atoms with Crippen LogP contribution in [-0.4, -0.2) is 11.2 Å². The van der Waals surface area contributed by atoms with Gasteiger partial charge in [0.1, 0.15) is 0 Å². The molecule has 2 rings (SSSR count). The Morgan fingerprint density at radius 3 is 2.40 bits per heavy atom. The van der Waals surface area contributed by atoms with Gasteiger partial charge in [0.2, 0.25) is 0 Å². The summed E-state index contributed by atoms with van der Waals surface area (Å²) < 4.78 is 0. The van der Waals surface area contributed by atoms with Crippen molar-refractivity contribution in [2.45, 2.75) is 26.4 Å². The molecular formula is C14H16O. The number of benzene rings is 1. The Balaban J connectivity index is 2.32. The van der Waals surface area contributed by atoms with Gasteiger partial charge in [-0.05, 0) is 25.0 Å². The summed E-state index contributed by atoms with van der Waals surface area (Å²) in [5.74, 6) is 0. The van der Waals surface area contributed by atoms with Crippen LogP contribution in [0.15, 0.2) is 42.0 Å². The van der Waals surface area contributed by atoms with E-state index in [2.05, 4.69) is 37.3 Å². The van der Waals surface area contributed by atoms with E-state index >= 15 is 0 Å². The second-order valence-corrected chi connectivity index (χ2v) is 4.22. The van der Waals surface area contributed by atoms with E-state index < -0.39 is 0 Å². The molecule has 1 aliphatic carbocycles. The highest BCUT2D eigenvalue weighted by Crippen LogP contribution is 2.26. The third-order valence-electron chi connectivity index (χ3n) is 2.71. The maximum absolute atomic E-state index is 9.65. The number of aryl methyl sites for hydroxylation is 1. The topological polar surface area (TPSA) is 20.2 Å². The predicted octanol–water partition coefficient (Wildman–Crippen LogP) is 3.09. The van der Waals surface area contributed by atoms with Gasteiger partial charge >= 0.3 is 0 Å². The van der Waals surface area contributed by atoms with Crippen molar-refractivity contribution >= 4 is 5.57 Å². The number of aliphatic hydroxyl groups is 1. The van der Waals surface area contributed by atoms with Gasteiger partial charge in [0, 0.05) is 6.42 Å². The quantitative estimate of drug-likeness (QED) is 0.738. The lowest BCUT2D eigenvalue weighted by molar-refractivity contribution is 0.227. The average molecular weight is 200 g/mol. The Hall–Kier alpha value is -1.34. The number of hydrogen-bond donors (Lipinski definition) is 1. The predicted molar refractivity (Wildman–Crippen MR) is 63.5 cm³/mol. The largest absolute Gasteiger partial charge is 0.389 e. The summed E-state index contributed by atoms with van der Waals surface area (Å²) in [5, 5.41) is 9.65. The second kappa shape index (κ2) is 4.03. The van der Waals surface area contributed by atoms with Gasteiger partial charge in [-0.1, -0.05) is 47.6 Å². The van der Waals surface area contributed by atoms with Crippen molar-refractivity contribution in [3.05, 3.63) is 53.1 Å². The molecule has 0 spiro atoms. The zero-order chi connectivity index (χ0) is 10.8. The van der Waals surface area contributed by atoms with Crippen LogP contribution in [0.2, 0.25) is 0 Å². The van der Waals surface area contributed by atoms with E-state index in [1.807, 2.05) is 13.0 Å². The van der Waals surface area contributed by atoms with E-state index in [9.17, 15) is 5.11 Å². The molecular weight excluding hydrogens is 184 g/mol. The van der Waals surface area contributed by atoms with E-state index in [1.165, 1.54) is 16.7 Å². The third kappa shape index (κ3) is 2.37. The molecule has 0 saturated carbocycles. The van der Waals surface area contributed by atoms with Crippen LogP contribution in [0.25, 0.3) is 5.57 Å². The molecule has 1 unspecified atom stereocenters. The molecule has 0 bridgehead atoms. The molecule has 0 aromatic heterocycles. The Morgan fingerprint density at radius 2 is 1.80 bits per heavy atom. The molecule has 1 aromatic carbocycles. The summed E-state index contributed by atoms with van der Waals surface area (Å²) in [5.41, 5.74) is 4.85. The van der Waals surface area contributed by atoms with E-state index in [0.717, 1.165) is 12.0 Å². The highest BCUT2D eigenvalue weighted by molar-refractivity contribution is 5.70. The van der Waals surface area contributed by atoms with E-state index in [0.29, 0.717) is 0 Å². The first kappa shape index (κ1) is 10.2. The highest BCUT2D eigenvalue weighted by Gasteiger charge is 2.11. The van der Waals surface area contributed by atoms with Gasteiger partial charge in [-0.25, -0.2) is 0 Å². The number of allylic oxidation sites excluding steroid dienone is 2. The second-order valence-electron chi connectivity index (χ2n) is 4.22. The first-order valence-corrected chi connectivity index (χ1v) is 5.29. The van der Waals surface area contributed by atoms with Gasteiger partial charge in [-0.3, -0.25) is 0 Å². The van der Waals surface area contributed by atoms with E-state index in [1.54, 1.807) is 0 Å². The van der Waals surface area contributed by atoms with Crippen molar-refractivity contribution in [1.82, 2.24) is 0 Å². The minimum absolute atomic E-state index is 0.327. The van der Waals surface area contributed by atoms with Gasteiger partial charge in [0.15, 0.2) is 0 Å². The van der Waals surface area contributed by atoms with E-state index in [-0.39, 0.29) is 6.10 Å². The van der Waals surface area contributed by atoms with Crippen LogP contribution in [0, 0.1) is 6.92 Å². The van der Waals surface area contributed by atoms with Crippen molar-refractivity contribution in [1.29, 1.82) is 0 Å². The molecule has 1 N–H and O–H groups in total. The molecule has 0 aliphatic heterocycles. The summed E-state index contributed by atoms with van der Waals surface area (Å²) >= 11 is 0. The Kier molecular flexibility index (Phi) is 2.74. The fraction of sp³-hybridized carbons (Fsp3) is 0.286. The highest BCUT2D eigenvalue weighted by atomic mass is 16.3. The van der Waals surface area contributed by atoms with Crippen molar-refractivity contribution < 1.29 is 5.11 Å². The SMILES string of the molecule is CC1=CC(O)CC(c2ccc(C)cc2)=C1. The monoisotopic (exact) mass is 200 g/mol. The maximum atomic E-state index is 9.65. The Labute approximate surface area is 90.8 Å². The first-order valence-electron chi connectivity index (χ1n) is 5.29. The van der Waals surface area contributed by atoms with Gasteiger partial charge in [-0.2, -0.15) is 0 Å². The Morgan fingerprint density at radius 1 is 1.13 bits per heavy atom. The minimum Gasteiger partial charge on any atom is -0.389 e. The molecule has 1 nitrogen and oxygen atoms in total. The van der Waals surface area contributed by atoms with E-state index in [4.69, 9.17) is 0 Å². The summed E-state index contributed by atoms with van der Waals surface area (Å²) in [6, 6.07) is 8.45. The molecule has 0 fully saturated rings. The van der Waals surface area contributed by atoms with Crippen LogP contribution in [0.5, 0.6) is 0 Å². The molecule has 0 amide bonds. The van der Waals surface area contributed by atoms with Crippen molar-refractivity contribution in [2.75, 3.05) is 0 Å².